The van der Waals surface area contributed by atoms with Crippen molar-refractivity contribution < 1.29 is 4.74 Å². The van der Waals surface area contributed by atoms with Crippen LogP contribution in [-0.4, -0.2) is 37.7 Å². The molecule has 2 aromatic carbocycles. The van der Waals surface area contributed by atoms with Gasteiger partial charge in [-0.15, -0.1) is 12.4 Å². The van der Waals surface area contributed by atoms with Crippen LogP contribution in [0.3, 0.4) is 0 Å². The van der Waals surface area contributed by atoms with E-state index >= 15 is 0 Å². The van der Waals surface area contributed by atoms with Gasteiger partial charge in [0.2, 0.25) is 0 Å². The third-order valence-corrected chi connectivity index (χ3v) is 4.22. The molecular weight excluding hydrogens is 294 g/mol. The molecule has 0 N–H and O–H groups in total. The van der Waals surface area contributed by atoms with Crippen LogP contribution in [0, 0.1) is 0 Å². The van der Waals surface area contributed by atoms with Gasteiger partial charge in [0, 0.05) is 19.6 Å². The van der Waals surface area contributed by atoms with Crippen molar-refractivity contribution in [3.05, 3.63) is 60.2 Å². The minimum absolute atomic E-state index is 0. The third kappa shape index (κ3) is 4.33. The number of ether oxygens (including phenoxy) is 1. The molecule has 1 saturated heterocycles. The third-order valence-electron chi connectivity index (χ3n) is 4.22. The van der Waals surface area contributed by atoms with E-state index in [0.717, 1.165) is 32.8 Å². The van der Waals surface area contributed by atoms with Crippen molar-refractivity contribution in [1.82, 2.24) is 4.90 Å². The lowest BCUT2D eigenvalue weighted by atomic mass is 9.97. The van der Waals surface area contributed by atoms with Crippen LogP contribution in [0.5, 0.6) is 0 Å². The maximum atomic E-state index is 5.41. The molecule has 0 radical (unpaired) electrons. The molecule has 1 atom stereocenters. The van der Waals surface area contributed by atoms with Crippen molar-refractivity contribution in [2.45, 2.75) is 12.8 Å². The van der Waals surface area contributed by atoms with Gasteiger partial charge in [0.25, 0.3) is 0 Å². The molecule has 2 nitrogen and oxygen atoms in total. The molecule has 0 spiro atoms. The molecule has 1 fully saturated rings. The van der Waals surface area contributed by atoms with Crippen LogP contribution in [0.1, 0.15) is 18.4 Å². The highest BCUT2D eigenvalue weighted by atomic mass is 35.5. The summed E-state index contributed by atoms with van der Waals surface area (Å²) in [5.74, 6) is 0.563. The Hall–Kier alpha value is -1.35. The first-order valence-corrected chi connectivity index (χ1v) is 7.78. The molecule has 1 heterocycles. The summed E-state index contributed by atoms with van der Waals surface area (Å²) in [6.45, 7) is 7.30. The van der Waals surface area contributed by atoms with Crippen molar-refractivity contribution in [2.75, 3.05) is 32.8 Å². The van der Waals surface area contributed by atoms with Gasteiger partial charge < -0.3 is 4.74 Å². The zero-order chi connectivity index (χ0) is 14.5. The highest BCUT2D eigenvalue weighted by molar-refractivity contribution is 5.85. The Morgan fingerprint density at radius 2 is 1.50 bits per heavy atom. The molecule has 0 bridgehead atoms. The molecule has 22 heavy (non-hydrogen) atoms. The smallest absolute Gasteiger partial charge is 0.0594 e. The Balaban J connectivity index is 0.00000176. The summed E-state index contributed by atoms with van der Waals surface area (Å²) < 4.78 is 5.41. The Bertz CT molecular complexity index is 549. The van der Waals surface area contributed by atoms with Gasteiger partial charge in [-0.3, -0.25) is 4.90 Å². The summed E-state index contributed by atoms with van der Waals surface area (Å²) in [6.07, 6.45) is 0. The summed E-state index contributed by atoms with van der Waals surface area (Å²) >= 11 is 0. The summed E-state index contributed by atoms with van der Waals surface area (Å²) in [4.78, 5) is 2.50. The van der Waals surface area contributed by atoms with Crippen molar-refractivity contribution in [3.63, 3.8) is 0 Å². The van der Waals surface area contributed by atoms with Crippen LogP contribution in [0.15, 0.2) is 54.6 Å². The van der Waals surface area contributed by atoms with Crippen molar-refractivity contribution in [2.24, 2.45) is 0 Å². The van der Waals surface area contributed by atoms with Gasteiger partial charge >= 0.3 is 0 Å². The van der Waals surface area contributed by atoms with E-state index in [2.05, 4.69) is 66.4 Å². The maximum absolute atomic E-state index is 5.41. The zero-order valence-corrected chi connectivity index (χ0v) is 13.9. The maximum Gasteiger partial charge on any atom is 0.0594 e. The van der Waals surface area contributed by atoms with E-state index in [1.807, 2.05) is 0 Å². The molecule has 0 amide bonds. The fourth-order valence-electron chi connectivity index (χ4n) is 2.91. The van der Waals surface area contributed by atoms with E-state index in [4.69, 9.17) is 4.74 Å². The topological polar surface area (TPSA) is 12.5 Å². The van der Waals surface area contributed by atoms with Crippen LogP contribution >= 0.6 is 12.4 Å². The van der Waals surface area contributed by atoms with Gasteiger partial charge in [0.1, 0.15) is 0 Å². The van der Waals surface area contributed by atoms with E-state index < -0.39 is 0 Å². The standard InChI is InChI=1S/C19H23NO.ClH/c1-16(15-20-11-13-21-14-12-20)17-7-9-19(10-8-17)18-5-3-2-4-6-18;/h2-10,16H,11-15H2,1H3;1H. The molecule has 2 aromatic rings. The van der Waals surface area contributed by atoms with E-state index in [9.17, 15) is 0 Å². The zero-order valence-electron chi connectivity index (χ0n) is 13.1. The van der Waals surface area contributed by atoms with Crippen LogP contribution in [0.2, 0.25) is 0 Å². The van der Waals surface area contributed by atoms with Crippen LogP contribution < -0.4 is 0 Å². The minimum Gasteiger partial charge on any atom is -0.379 e. The molecule has 1 aliphatic heterocycles. The fourth-order valence-corrected chi connectivity index (χ4v) is 2.91. The van der Waals surface area contributed by atoms with E-state index in [1.165, 1.54) is 16.7 Å². The van der Waals surface area contributed by atoms with Crippen LogP contribution in [0.25, 0.3) is 11.1 Å². The second-order valence-electron chi connectivity index (χ2n) is 5.80. The molecule has 0 saturated carbocycles. The molecule has 0 aromatic heterocycles. The lowest BCUT2D eigenvalue weighted by Crippen LogP contribution is -2.38. The monoisotopic (exact) mass is 317 g/mol. The number of halogens is 1. The average Bonchev–Trinajstić information content (AvgIpc) is 2.57. The first kappa shape index (κ1) is 17.0. The lowest BCUT2D eigenvalue weighted by molar-refractivity contribution is 0.0357. The van der Waals surface area contributed by atoms with Crippen molar-refractivity contribution in [1.29, 1.82) is 0 Å². The summed E-state index contributed by atoms with van der Waals surface area (Å²) in [6, 6.07) is 19.6. The normalized spacial score (nSPS) is 16.8. The van der Waals surface area contributed by atoms with Crippen LogP contribution in [0.4, 0.5) is 0 Å². The number of hydrogen-bond donors (Lipinski definition) is 0. The summed E-state index contributed by atoms with van der Waals surface area (Å²) in [5, 5.41) is 0. The first-order chi connectivity index (χ1) is 10.3. The van der Waals surface area contributed by atoms with E-state index in [1.54, 1.807) is 0 Å². The quantitative estimate of drug-likeness (QED) is 0.837. The number of nitrogens with zero attached hydrogens (tertiary/aromatic N) is 1. The Morgan fingerprint density at radius 3 is 2.14 bits per heavy atom. The second kappa shape index (κ2) is 8.33. The molecule has 3 rings (SSSR count). The van der Waals surface area contributed by atoms with Gasteiger partial charge in [-0.1, -0.05) is 61.5 Å². The van der Waals surface area contributed by atoms with Gasteiger partial charge in [-0.05, 0) is 22.6 Å². The van der Waals surface area contributed by atoms with Crippen LogP contribution in [-0.2, 0) is 4.74 Å². The second-order valence-corrected chi connectivity index (χ2v) is 5.80. The SMILES string of the molecule is CC(CN1CCOCC1)c1ccc(-c2ccccc2)cc1.Cl. The molecule has 1 unspecified atom stereocenters. The number of morpholine rings is 1. The van der Waals surface area contributed by atoms with Crippen molar-refractivity contribution in [3.8, 4) is 11.1 Å². The summed E-state index contributed by atoms with van der Waals surface area (Å²) in [5.41, 5.74) is 3.99. The summed E-state index contributed by atoms with van der Waals surface area (Å²) in [7, 11) is 0. The number of benzene rings is 2. The van der Waals surface area contributed by atoms with Gasteiger partial charge in [0.05, 0.1) is 13.2 Å². The highest BCUT2D eigenvalue weighted by Crippen LogP contribution is 2.23. The Labute approximate surface area is 139 Å². The van der Waals surface area contributed by atoms with Gasteiger partial charge in [-0.25, -0.2) is 0 Å². The molecule has 3 heteroatoms. The van der Waals surface area contributed by atoms with Crippen molar-refractivity contribution >= 4 is 12.4 Å². The largest absolute Gasteiger partial charge is 0.379 e. The molecule has 1 aliphatic rings. The minimum atomic E-state index is 0. The van der Waals surface area contributed by atoms with E-state index in [0.29, 0.717) is 5.92 Å². The predicted octanol–water partition coefficient (Wildman–Crippen LogP) is 4.21. The predicted molar refractivity (Wildman–Crippen MR) is 94.8 cm³/mol. The molecule has 118 valence electrons. The number of rotatable bonds is 4. The van der Waals surface area contributed by atoms with Gasteiger partial charge in [0.15, 0.2) is 0 Å². The first-order valence-electron chi connectivity index (χ1n) is 7.78. The lowest BCUT2D eigenvalue weighted by Gasteiger charge is -2.29. The highest BCUT2D eigenvalue weighted by Gasteiger charge is 2.14. The molecular formula is C19H24ClNO. The average molecular weight is 318 g/mol. The Morgan fingerprint density at radius 1 is 0.909 bits per heavy atom. The fraction of sp³-hybridized carbons (Fsp3) is 0.368. The van der Waals surface area contributed by atoms with Gasteiger partial charge in [-0.2, -0.15) is 0 Å². The number of hydrogen-bond acceptors (Lipinski definition) is 2. The Kier molecular flexibility index (Phi) is 6.44. The molecule has 0 aliphatic carbocycles. The van der Waals surface area contributed by atoms with E-state index in [-0.39, 0.29) is 12.4 Å².